The third-order valence-electron chi connectivity index (χ3n) is 27.2. The largest absolute Gasteiger partial charge is 0.398 e. The Bertz CT molecular complexity index is 5440. The molecule has 20 heterocycles. The fourth-order valence-electron chi connectivity index (χ4n) is 19.5. The van der Waals surface area contributed by atoms with Crippen LogP contribution in [0.1, 0.15) is 90.2 Å². The van der Waals surface area contributed by atoms with E-state index in [4.69, 9.17) is 123 Å². The number of hydrogen-bond acceptors (Lipinski definition) is 31. The molecule has 8 fully saturated rings. The lowest BCUT2D eigenvalue weighted by atomic mass is 9.73. The highest BCUT2D eigenvalue weighted by atomic mass is 35.5. The van der Waals surface area contributed by atoms with E-state index >= 15 is 0 Å². The molecule has 4 spiro atoms. The van der Waals surface area contributed by atoms with E-state index in [1.165, 1.54) is 12.7 Å². The molecule has 0 radical (unpaired) electrons. The summed E-state index contributed by atoms with van der Waals surface area (Å²) in [7, 11) is 0. The summed E-state index contributed by atoms with van der Waals surface area (Å²) in [4.78, 5) is 34.4. The number of anilines is 10. The predicted molar refractivity (Wildman–Crippen MR) is 471 cm³/mol. The number of nitrogens with zero attached hydrogens (tertiary/aromatic N) is 20. The highest BCUT2D eigenvalue weighted by Crippen LogP contribution is 2.50. The minimum absolute atomic E-state index is 0.0270. The smallest absolute Gasteiger partial charge is 0.172 e. The number of piperidine rings is 4. The van der Waals surface area contributed by atoms with Gasteiger partial charge in [-0.2, -0.15) is 19.2 Å². The Labute approximate surface area is 718 Å². The summed E-state index contributed by atoms with van der Waals surface area (Å²) >= 11 is 25.7. The van der Waals surface area contributed by atoms with Crippen molar-refractivity contribution in [3.8, 4) is 44.5 Å². The number of ether oxygens (including phenoxy) is 4. The molecule has 8 unspecified atom stereocenters. The second-order valence-electron chi connectivity index (χ2n) is 33.6. The molecule has 121 heavy (non-hydrogen) atoms. The van der Waals surface area contributed by atoms with Crippen LogP contribution in [-0.4, -0.2) is 211 Å². The van der Waals surface area contributed by atoms with E-state index in [0.717, 1.165) is 169 Å². The fraction of sp³-hybridized carbons (Fsp3) is 0.463. The van der Waals surface area contributed by atoms with Gasteiger partial charge in [0.05, 0.1) is 88.7 Å². The number of aromatic nitrogens is 16. The van der Waals surface area contributed by atoms with Crippen LogP contribution in [0.4, 0.5) is 57.9 Å². The van der Waals surface area contributed by atoms with Gasteiger partial charge in [-0.3, -0.25) is 8.80 Å². The Balaban J connectivity index is 0.000000115. The lowest BCUT2D eigenvalue weighted by Crippen LogP contribution is -2.51. The first-order chi connectivity index (χ1) is 58.2. The van der Waals surface area contributed by atoms with Gasteiger partial charge in [-0.15, -0.1) is 20.4 Å². The molecule has 35 nitrogen and oxygen atoms in total. The Morgan fingerprint density at radius 3 is 1.04 bits per heavy atom. The summed E-state index contributed by atoms with van der Waals surface area (Å²) in [6, 6.07) is 15.5. The molecule has 0 bridgehead atoms. The molecular formula is C82H102Cl4N30O5. The highest BCUT2D eigenvalue weighted by molar-refractivity contribution is 6.37. The van der Waals surface area contributed by atoms with Crippen molar-refractivity contribution in [1.29, 1.82) is 0 Å². The Morgan fingerprint density at radius 1 is 0.397 bits per heavy atom. The zero-order chi connectivity index (χ0) is 84.9. The number of aryl methyl sites for hydroxylation is 1. The third kappa shape index (κ3) is 14.6. The molecule has 20 rings (SSSR count). The van der Waals surface area contributed by atoms with Crippen LogP contribution in [0.2, 0.25) is 20.1 Å². The van der Waals surface area contributed by atoms with E-state index in [9.17, 15) is 5.11 Å². The number of rotatable bonds is 9. The fourth-order valence-corrected chi connectivity index (χ4v) is 20.4. The maximum atomic E-state index is 10.2. The van der Waals surface area contributed by atoms with Gasteiger partial charge in [0.1, 0.15) is 71.9 Å². The van der Waals surface area contributed by atoms with Crippen molar-refractivity contribution in [2.45, 2.75) is 141 Å². The first-order valence-corrected chi connectivity index (χ1v) is 42.3. The summed E-state index contributed by atoms with van der Waals surface area (Å²) in [5.41, 5.74) is 74.1. The van der Waals surface area contributed by atoms with Crippen molar-refractivity contribution in [2.24, 2.45) is 44.6 Å². The van der Waals surface area contributed by atoms with Crippen molar-refractivity contribution in [1.82, 2.24) is 78.3 Å². The molecule has 0 amide bonds. The third-order valence-corrected chi connectivity index (χ3v) is 28.7. The lowest BCUT2D eigenvalue weighted by Gasteiger charge is -2.42. The highest BCUT2D eigenvalue weighted by Gasteiger charge is 2.52. The normalized spacial score (nSPS) is 23.4. The second kappa shape index (κ2) is 32.9. The second-order valence-corrected chi connectivity index (χ2v) is 35.1. The van der Waals surface area contributed by atoms with Gasteiger partial charge in [-0.1, -0.05) is 46.4 Å². The first-order valence-electron chi connectivity index (χ1n) is 40.8. The van der Waals surface area contributed by atoms with Gasteiger partial charge >= 0.3 is 0 Å². The molecule has 8 aliphatic rings. The number of nitrogens with two attached hydrogens (primary N) is 10. The number of pyridine rings is 8. The Kier molecular flexibility index (Phi) is 22.6. The summed E-state index contributed by atoms with van der Waals surface area (Å²) in [5, 5.41) is 37.6. The van der Waals surface area contributed by atoms with Gasteiger partial charge in [0.2, 0.25) is 0 Å². The van der Waals surface area contributed by atoms with E-state index in [-0.39, 0.29) is 94.3 Å². The number of aliphatic hydroxyl groups is 1. The molecule has 39 heteroatoms. The molecule has 12 aromatic rings. The minimum atomic E-state index is -0.168. The molecule has 0 saturated carbocycles. The number of hydrogen-bond donors (Lipinski definition) is 11. The average molecular weight is 1730 g/mol. The molecule has 12 aromatic heterocycles. The quantitative estimate of drug-likeness (QED) is 0.0645. The molecule has 21 N–H and O–H groups in total. The van der Waals surface area contributed by atoms with Gasteiger partial charge in [0, 0.05) is 180 Å². The zero-order valence-corrected chi connectivity index (χ0v) is 71.0. The summed E-state index contributed by atoms with van der Waals surface area (Å²) in [5.74, 6) is 4.85. The Hall–Kier alpha value is -10.1. The van der Waals surface area contributed by atoms with Crippen molar-refractivity contribution in [3.05, 3.63) is 130 Å². The van der Waals surface area contributed by atoms with Crippen LogP contribution >= 0.6 is 46.4 Å². The van der Waals surface area contributed by atoms with Crippen molar-refractivity contribution < 1.29 is 24.1 Å². The molecule has 8 aliphatic heterocycles. The van der Waals surface area contributed by atoms with Crippen molar-refractivity contribution in [3.63, 3.8) is 0 Å². The molecule has 0 aliphatic carbocycles. The van der Waals surface area contributed by atoms with Gasteiger partial charge in [-0.05, 0) is 134 Å². The molecule has 638 valence electrons. The van der Waals surface area contributed by atoms with Crippen molar-refractivity contribution in [2.75, 3.05) is 133 Å². The van der Waals surface area contributed by atoms with E-state index < -0.39 is 0 Å². The Morgan fingerprint density at radius 2 is 0.694 bits per heavy atom. The standard InChI is InChI=1S/C21H26ClN7O2.C21H26ClN7O.2C20H25ClN8O/c1-12-18(23)21(10-31-12)3-6-28(7-4-21)15-8-13(9-30)16(20-26-11-27-29(15)20)14-2-5-25-19(24)17(14)22;1-12-9-15(28-7-4-21(5-8-28)10-30-13(2)18(21)23)29-11-26-27-20(29)16(12)14-3-6-25-19(24)17(14)22;1-11-17(23)20(9-30-11)3-6-28(7-4-20)14-8-13(22)15(19-27-26-10-29(14)19)12-2-5-25-18(24)16(12)21;1-11-17(23)20(9-30-11)3-6-28(7-4-20)14-8-13(22)15(19-26-10-27-29(14)19)12-2-5-25-18(24)16(12)21/h2,5,8,11-12,18,30H,3-4,6-7,9-10,23H2,1H3,(H2,24,25);3,6,9,11,13,18H,4-5,7-8,10,23H2,1-2H3,(H2,24,25);2*2,5,8,10-11,17H,3-4,6-7,9,22-23H2,1H3,(H2,24,25). The van der Waals surface area contributed by atoms with Crippen LogP contribution in [0.3, 0.4) is 0 Å². The lowest BCUT2D eigenvalue weighted by molar-refractivity contribution is 0.0973. The number of fused-ring (bicyclic) bond motifs is 4. The summed E-state index contributed by atoms with van der Waals surface area (Å²) in [6.07, 6.45) is 21.1. The summed E-state index contributed by atoms with van der Waals surface area (Å²) in [6.45, 7) is 20.0. The number of aliphatic hydroxyl groups excluding tert-OH is 1. The molecule has 8 atom stereocenters. The monoisotopic (exact) mass is 1730 g/mol. The molecule has 0 aromatic carbocycles. The van der Waals surface area contributed by atoms with Gasteiger partial charge < -0.3 is 101 Å². The topological polar surface area (TPSA) is 503 Å². The van der Waals surface area contributed by atoms with Crippen molar-refractivity contribution >= 4 is 127 Å². The van der Waals surface area contributed by atoms with E-state index in [0.29, 0.717) is 99.8 Å². The van der Waals surface area contributed by atoms with Crippen LogP contribution in [0, 0.1) is 28.6 Å². The molecular weight excluding hydrogens is 1630 g/mol. The molecule has 8 saturated heterocycles. The van der Waals surface area contributed by atoms with Crippen LogP contribution in [0.15, 0.2) is 98.6 Å². The zero-order valence-electron chi connectivity index (χ0n) is 68.0. The van der Waals surface area contributed by atoms with Crippen LogP contribution < -0.4 is 76.9 Å². The minimum Gasteiger partial charge on any atom is -0.398 e. The van der Waals surface area contributed by atoms with E-state index in [1.54, 1.807) is 60.2 Å². The van der Waals surface area contributed by atoms with E-state index in [2.05, 4.69) is 114 Å². The predicted octanol–water partition coefficient (Wildman–Crippen LogP) is 8.40. The maximum absolute atomic E-state index is 10.2. The SMILES string of the molecule is CC1OCC2(CCN(c3cc(CO)c(-c4ccnc(N)c4Cl)c4ncnn34)CC2)C1N.CC1OCC2(CCN(c3cc(N)c(-c4ccnc(N)c4Cl)c4ncnn34)CC2)C1N.CC1OCC2(CCN(c3cc(N)c(-c4ccnc(N)c4Cl)c4nncn34)CC2)C1N.Cc1cc(N2CCC3(CC2)COC(C)C3N)n2cnnc2c1-c1ccnc(N)c1Cl. The van der Waals surface area contributed by atoms with Crippen LogP contribution in [0.5, 0.6) is 0 Å². The van der Waals surface area contributed by atoms with Gasteiger partial charge in [0.25, 0.3) is 0 Å². The number of nitrogen functional groups attached to an aromatic ring is 6. The average Bonchev–Trinajstić information content (AvgIpc) is 1.68. The van der Waals surface area contributed by atoms with E-state index in [1.807, 2.05) is 44.5 Å². The number of halogens is 4. The van der Waals surface area contributed by atoms with Crippen LogP contribution in [0.25, 0.3) is 67.1 Å². The first kappa shape index (κ1) is 83.2. The van der Waals surface area contributed by atoms with Gasteiger partial charge in [-0.25, -0.2) is 29.9 Å². The maximum Gasteiger partial charge on any atom is 0.172 e. The summed E-state index contributed by atoms with van der Waals surface area (Å²) < 4.78 is 31.0. The van der Waals surface area contributed by atoms with Gasteiger partial charge in [0.15, 0.2) is 22.6 Å². The van der Waals surface area contributed by atoms with Crippen LogP contribution in [-0.2, 0) is 25.6 Å².